The third-order valence-electron chi connectivity index (χ3n) is 6.91. The van der Waals surface area contributed by atoms with Crippen molar-refractivity contribution in [2.45, 2.75) is 43.8 Å². The number of hydrogen-bond donors (Lipinski definition) is 1. The van der Waals surface area contributed by atoms with Crippen LogP contribution in [0, 0.1) is 0 Å². The third kappa shape index (κ3) is 8.18. The number of methoxy groups -OCH3 is 1. The molecule has 230 valence electrons. The molecule has 1 atom stereocenters. The van der Waals surface area contributed by atoms with Gasteiger partial charge in [-0.3, -0.25) is 13.9 Å². The van der Waals surface area contributed by atoms with Crippen LogP contribution in [0.15, 0.2) is 114 Å². The number of ether oxygens (including phenoxy) is 1. The third-order valence-corrected chi connectivity index (χ3v) is 8.92. The van der Waals surface area contributed by atoms with Gasteiger partial charge in [-0.15, -0.1) is 0 Å². The van der Waals surface area contributed by atoms with Crippen molar-refractivity contribution in [3.05, 3.63) is 125 Å². The molecule has 1 N–H and O–H groups in total. The molecule has 4 aromatic rings. The smallest absolute Gasteiger partial charge is 0.264 e. The fourth-order valence-electron chi connectivity index (χ4n) is 4.84. The van der Waals surface area contributed by atoms with Gasteiger partial charge in [0, 0.05) is 24.0 Å². The van der Waals surface area contributed by atoms with E-state index in [4.69, 9.17) is 16.3 Å². The van der Waals surface area contributed by atoms with Gasteiger partial charge in [-0.2, -0.15) is 0 Å². The number of rotatable bonds is 13. The van der Waals surface area contributed by atoms with Gasteiger partial charge in [-0.25, -0.2) is 8.42 Å². The fourth-order valence-corrected chi connectivity index (χ4v) is 6.49. The summed E-state index contributed by atoms with van der Waals surface area (Å²) in [6, 6.07) is 29.8. The molecule has 4 aromatic carbocycles. The SMILES string of the molecule is COc1ccccc1N(CC(=O)N(Cc1cccc(Cl)c1)[C@H](Cc1ccccc1)C(=O)NC(C)C)S(=O)(=O)c1ccccc1. The second kappa shape index (κ2) is 14.9. The minimum Gasteiger partial charge on any atom is -0.495 e. The van der Waals surface area contributed by atoms with Gasteiger partial charge in [-0.1, -0.05) is 84.4 Å². The summed E-state index contributed by atoms with van der Waals surface area (Å²) in [5.74, 6) is -0.649. The molecule has 0 aliphatic rings. The van der Waals surface area contributed by atoms with E-state index in [2.05, 4.69) is 5.32 Å². The van der Waals surface area contributed by atoms with Crippen molar-refractivity contribution in [2.24, 2.45) is 0 Å². The number of sulfonamides is 1. The van der Waals surface area contributed by atoms with Crippen LogP contribution in [0.2, 0.25) is 5.02 Å². The first-order valence-corrected chi connectivity index (χ1v) is 16.0. The lowest BCUT2D eigenvalue weighted by molar-refractivity contribution is -0.140. The predicted octanol–water partition coefficient (Wildman–Crippen LogP) is 5.71. The predicted molar refractivity (Wildman–Crippen MR) is 173 cm³/mol. The van der Waals surface area contributed by atoms with E-state index in [9.17, 15) is 18.0 Å². The summed E-state index contributed by atoms with van der Waals surface area (Å²) in [5.41, 5.74) is 1.73. The van der Waals surface area contributed by atoms with Crippen molar-refractivity contribution in [2.75, 3.05) is 18.0 Å². The van der Waals surface area contributed by atoms with Crippen molar-refractivity contribution in [3.8, 4) is 5.75 Å². The Morgan fingerprint density at radius 1 is 0.841 bits per heavy atom. The number of nitrogens with one attached hydrogen (secondary N) is 1. The summed E-state index contributed by atoms with van der Waals surface area (Å²) in [6.07, 6.45) is 0.214. The summed E-state index contributed by atoms with van der Waals surface area (Å²) in [4.78, 5) is 29.7. The molecule has 0 radical (unpaired) electrons. The molecule has 4 rings (SSSR count). The number of para-hydroxylation sites is 2. The minimum absolute atomic E-state index is 0.0125. The second-order valence-electron chi connectivity index (χ2n) is 10.5. The molecular weight excluding hydrogens is 598 g/mol. The number of carbonyl (C=O) groups excluding carboxylic acids is 2. The molecule has 8 nitrogen and oxygen atoms in total. The molecule has 0 aliphatic heterocycles. The van der Waals surface area contributed by atoms with Crippen molar-refractivity contribution in [3.63, 3.8) is 0 Å². The average molecular weight is 634 g/mol. The van der Waals surface area contributed by atoms with Gasteiger partial charge in [0.2, 0.25) is 11.8 Å². The molecule has 0 fully saturated rings. The van der Waals surface area contributed by atoms with E-state index in [1.54, 1.807) is 60.7 Å². The summed E-state index contributed by atoms with van der Waals surface area (Å²) < 4.78 is 34.8. The number of anilines is 1. The molecule has 0 bridgehead atoms. The van der Waals surface area contributed by atoms with Crippen LogP contribution in [0.1, 0.15) is 25.0 Å². The van der Waals surface area contributed by atoms with Crippen LogP contribution in [-0.2, 0) is 32.6 Å². The van der Waals surface area contributed by atoms with Crippen LogP contribution in [-0.4, -0.2) is 50.9 Å². The number of nitrogens with zero attached hydrogens (tertiary/aromatic N) is 2. The zero-order valence-corrected chi connectivity index (χ0v) is 26.5. The van der Waals surface area contributed by atoms with Gasteiger partial charge >= 0.3 is 0 Å². The number of benzene rings is 4. The maximum Gasteiger partial charge on any atom is 0.264 e. The summed E-state index contributed by atoms with van der Waals surface area (Å²) >= 11 is 6.29. The second-order valence-corrected chi connectivity index (χ2v) is 12.8. The highest BCUT2D eigenvalue weighted by atomic mass is 35.5. The molecule has 0 saturated heterocycles. The molecular formula is C34H36ClN3O5S. The monoisotopic (exact) mass is 633 g/mol. The Labute approximate surface area is 264 Å². The maximum atomic E-state index is 14.5. The maximum absolute atomic E-state index is 14.5. The van der Waals surface area contributed by atoms with E-state index in [1.807, 2.05) is 50.2 Å². The summed E-state index contributed by atoms with van der Waals surface area (Å²) in [5, 5.41) is 3.42. The lowest BCUT2D eigenvalue weighted by atomic mass is 10.0. The normalized spacial score (nSPS) is 11.9. The molecule has 0 saturated carbocycles. The molecule has 0 aromatic heterocycles. The van der Waals surface area contributed by atoms with E-state index < -0.39 is 28.5 Å². The fraction of sp³-hybridized carbons (Fsp3) is 0.235. The highest BCUT2D eigenvalue weighted by molar-refractivity contribution is 7.92. The number of halogens is 1. The first-order valence-electron chi connectivity index (χ1n) is 14.2. The van der Waals surface area contributed by atoms with Crippen LogP contribution in [0.25, 0.3) is 0 Å². The van der Waals surface area contributed by atoms with Gasteiger partial charge in [-0.05, 0) is 61.4 Å². The van der Waals surface area contributed by atoms with Crippen molar-refractivity contribution in [1.82, 2.24) is 10.2 Å². The topological polar surface area (TPSA) is 96.0 Å². The highest BCUT2D eigenvalue weighted by Gasteiger charge is 2.35. The molecule has 2 amide bonds. The van der Waals surface area contributed by atoms with Crippen molar-refractivity contribution in [1.29, 1.82) is 0 Å². The Hall–Kier alpha value is -4.34. The van der Waals surface area contributed by atoms with Crippen molar-refractivity contribution < 1.29 is 22.7 Å². The quantitative estimate of drug-likeness (QED) is 0.204. The molecule has 0 unspecified atom stereocenters. The van der Waals surface area contributed by atoms with Gasteiger partial charge < -0.3 is 15.0 Å². The van der Waals surface area contributed by atoms with E-state index >= 15 is 0 Å². The standard InChI is InChI=1S/C34H36ClN3O5S/c1-25(2)36-34(40)31(22-26-13-6-4-7-14-26)37(23-27-15-12-16-28(35)21-27)33(39)24-38(30-19-10-11-20-32(30)43-3)44(41,42)29-17-8-5-9-18-29/h4-21,25,31H,22-24H2,1-3H3,(H,36,40)/t31-/m1/s1. The Morgan fingerprint density at radius 2 is 1.45 bits per heavy atom. The number of amides is 2. The van der Waals surface area contributed by atoms with E-state index in [1.165, 1.54) is 24.1 Å². The Morgan fingerprint density at radius 3 is 2.09 bits per heavy atom. The van der Waals surface area contributed by atoms with Gasteiger partial charge in [0.15, 0.2) is 0 Å². The van der Waals surface area contributed by atoms with Crippen LogP contribution in [0.3, 0.4) is 0 Å². The van der Waals surface area contributed by atoms with Crippen LogP contribution in [0.4, 0.5) is 5.69 Å². The largest absolute Gasteiger partial charge is 0.495 e. The molecule has 10 heteroatoms. The Balaban J connectivity index is 1.83. The van der Waals surface area contributed by atoms with E-state index in [0.29, 0.717) is 10.6 Å². The minimum atomic E-state index is -4.23. The average Bonchev–Trinajstić information content (AvgIpc) is 3.02. The van der Waals surface area contributed by atoms with Crippen molar-refractivity contribution >= 4 is 39.1 Å². The van der Waals surface area contributed by atoms with Crippen LogP contribution >= 0.6 is 11.6 Å². The van der Waals surface area contributed by atoms with E-state index in [0.717, 1.165) is 9.87 Å². The first-order chi connectivity index (χ1) is 21.1. The zero-order chi connectivity index (χ0) is 31.7. The van der Waals surface area contributed by atoms with Gasteiger partial charge in [0.05, 0.1) is 17.7 Å². The van der Waals surface area contributed by atoms with E-state index in [-0.39, 0.29) is 41.2 Å². The van der Waals surface area contributed by atoms with Crippen LogP contribution < -0.4 is 14.4 Å². The van der Waals surface area contributed by atoms with Gasteiger partial charge in [0.1, 0.15) is 18.3 Å². The Kier molecular flexibility index (Phi) is 11.0. The lowest BCUT2D eigenvalue weighted by Gasteiger charge is -2.34. The summed E-state index contributed by atoms with van der Waals surface area (Å²) in [6.45, 7) is 3.12. The highest BCUT2D eigenvalue weighted by Crippen LogP contribution is 2.32. The Bertz CT molecular complexity index is 1670. The molecule has 0 aliphatic carbocycles. The molecule has 0 spiro atoms. The molecule has 44 heavy (non-hydrogen) atoms. The molecule has 0 heterocycles. The number of carbonyl (C=O) groups is 2. The lowest BCUT2D eigenvalue weighted by Crippen LogP contribution is -2.54. The zero-order valence-electron chi connectivity index (χ0n) is 24.9. The van der Waals surface area contributed by atoms with Gasteiger partial charge in [0.25, 0.3) is 10.0 Å². The van der Waals surface area contributed by atoms with Crippen LogP contribution in [0.5, 0.6) is 5.75 Å². The first kappa shape index (κ1) is 32.6. The number of hydrogen-bond acceptors (Lipinski definition) is 5. The summed E-state index contributed by atoms with van der Waals surface area (Å²) in [7, 11) is -2.80.